The third-order valence-electron chi connectivity index (χ3n) is 2.70. The first-order valence-corrected chi connectivity index (χ1v) is 7.17. The van der Waals surface area contributed by atoms with Gasteiger partial charge in [-0.05, 0) is 6.42 Å². The zero-order chi connectivity index (χ0) is 15.3. The van der Waals surface area contributed by atoms with Gasteiger partial charge >= 0.3 is 5.97 Å². The van der Waals surface area contributed by atoms with E-state index in [0.717, 1.165) is 19.4 Å². The lowest BCUT2D eigenvalue weighted by atomic mass is 10.1. The Bertz CT molecular complexity index is 416. The van der Waals surface area contributed by atoms with E-state index in [9.17, 15) is 9.59 Å². The number of ether oxygens (including phenoxy) is 3. The number of rotatable bonds is 11. The quantitative estimate of drug-likeness (QED) is 0.271. The van der Waals surface area contributed by atoms with Crippen molar-refractivity contribution in [3.8, 4) is 0 Å². The average molecular weight is 294 g/mol. The summed E-state index contributed by atoms with van der Waals surface area (Å²) in [5.74, 6) is -1.50. The van der Waals surface area contributed by atoms with Crippen LogP contribution in [0.25, 0.3) is 0 Å². The highest BCUT2D eigenvalue weighted by atomic mass is 16.6. The maximum atomic E-state index is 11.7. The zero-order valence-electron chi connectivity index (χ0n) is 12.4. The number of hydrogen-bond acceptors (Lipinski definition) is 5. The highest BCUT2D eigenvalue weighted by Crippen LogP contribution is 2.01. The summed E-state index contributed by atoms with van der Waals surface area (Å²) in [6, 6.07) is 8.32. The largest absolute Gasteiger partial charge is 0.457 e. The van der Waals surface area contributed by atoms with Crippen molar-refractivity contribution in [1.82, 2.24) is 0 Å². The van der Waals surface area contributed by atoms with Crippen molar-refractivity contribution in [2.24, 2.45) is 0 Å². The molecule has 0 aliphatic rings. The van der Waals surface area contributed by atoms with Crippen LogP contribution in [-0.4, -0.2) is 44.8 Å². The first-order valence-electron chi connectivity index (χ1n) is 7.17. The monoisotopic (exact) mass is 294 g/mol. The Morgan fingerprint density at radius 1 is 0.905 bits per heavy atom. The summed E-state index contributed by atoms with van der Waals surface area (Å²) in [5.41, 5.74) is 0.327. The topological polar surface area (TPSA) is 61.8 Å². The van der Waals surface area contributed by atoms with Gasteiger partial charge in [0.1, 0.15) is 6.61 Å². The number of ketones is 1. The molecule has 0 N–H and O–H groups in total. The lowest BCUT2D eigenvalue weighted by Crippen LogP contribution is -2.20. The minimum Gasteiger partial charge on any atom is -0.457 e. The van der Waals surface area contributed by atoms with Gasteiger partial charge in [-0.2, -0.15) is 0 Å². The molecule has 0 aromatic heterocycles. The normalized spacial score (nSPS) is 10.3. The SMILES string of the molecule is CCCCOCCOCCOC(=O)C(=O)c1ccccc1. The van der Waals surface area contributed by atoms with Crippen LogP contribution in [0.4, 0.5) is 0 Å². The summed E-state index contributed by atoms with van der Waals surface area (Å²) < 4.78 is 15.4. The van der Waals surface area contributed by atoms with Crippen LogP contribution in [-0.2, 0) is 19.0 Å². The Labute approximate surface area is 125 Å². The van der Waals surface area contributed by atoms with Gasteiger partial charge in [0.15, 0.2) is 0 Å². The van der Waals surface area contributed by atoms with Crippen molar-refractivity contribution in [2.75, 3.05) is 33.0 Å². The van der Waals surface area contributed by atoms with Crippen molar-refractivity contribution in [2.45, 2.75) is 19.8 Å². The smallest absolute Gasteiger partial charge is 0.379 e. The lowest BCUT2D eigenvalue weighted by Gasteiger charge is -2.06. The highest BCUT2D eigenvalue weighted by molar-refractivity contribution is 6.40. The Morgan fingerprint density at radius 2 is 1.52 bits per heavy atom. The second-order valence-electron chi connectivity index (χ2n) is 4.41. The van der Waals surface area contributed by atoms with Crippen LogP contribution in [0.15, 0.2) is 30.3 Å². The molecular weight excluding hydrogens is 272 g/mol. The summed E-state index contributed by atoms with van der Waals surface area (Å²) in [4.78, 5) is 23.2. The molecule has 0 saturated heterocycles. The molecule has 0 fully saturated rings. The zero-order valence-corrected chi connectivity index (χ0v) is 12.4. The number of unbranched alkanes of at least 4 members (excludes halogenated alkanes) is 1. The molecule has 5 nitrogen and oxygen atoms in total. The summed E-state index contributed by atoms with van der Waals surface area (Å²) in [6.07, 6.45) is 2.14. The summed E-state index contributed by atoms with van der Waals surface area (Å²) in [5, 5.41) is 0. The van der Waals surface area contributed by atoms with E-state index in [1.54, 1.807) is 30.3 Å². The first-order chi connectivity index (χ1) is 10.3. The van der Waals surface area contributed by atoms with Crippen LogP contribution >= 0.6 is 0 Å². The molecule has 0 heterocycles. The molecule has 0 aliphatic carbocycles. The van der Waals surface area contributed by atoms with E-state index in [0.29, 0.717) is 18.8 Å². The Balaban J connectivity index is 2.05. The minimum absolute atomic E-state index is 0.0619. The highest BCUT2D eigenvalue weighted by Gasteiger charge is 2.16. The van der Waals surface area contributed by atoms with Crippen molar-refractivity contribution >= 4 is 11.8 Å². The maximum Gasteiger partial charge on any atom is 0.379 e. The molecule has 116 valence electrons. The Hall–Kier alpha value is -1.72. The van der Waals surface area contributed by atoms with Gasteiger partial charge in [-0.3, -0.25) is 4.79 Å². The van der Waals surface area contributed by atoms with Gasteiger partial charge in [0, 0.05) is 12.2 Å². The molecule has 0 saturated carbocycles. The second kappa shape index (κ2) is 11.0. The summed E-state index contributed by atoms with van der Waals surface area (Å²) >= 11 is 0. The lowest BCUT2D eigenvalue weighted by molar-refractivity contribution is -0.139. The van der Waals surface area contributed by atoms with E-state index in [1.807, 2.05) is 0 Å². The first kappa shape index (κ1) is 17.3. The van der Waals surface area contributed by atoms with Gasteiger partial charge in [-0.1, -0.05) is 43.7 Å². The van der Waals surface area contributed by atoms with E-state index >= 15 is 0 Å². The minimum atomic E-state index is -0.857. The molecule has 0 atom stereocenters. The van der Waals surface area contributed by atoms with E-state index in [2.05, 4.69) is 6.92 Å². The van der Waals surface area contributed by atoms with Crippen LogP contribution in [0.1, 0.15) is 30.1 Å². The van der Waals surface area contributed by atoms with Gasteiger partial charge in [-0.15, -0.1) is 0 Å². The number of hydrogen-bond donors (Lipinski definition) is 0. The molecule has 0 amide bonds. The van der Waals surface area contributed by atoms with Crippen molar-refractivity contribution in [3.63, 3.8) is 0 Å². The molecule has 0 radical (unpaired) electrons. The van der Waals surface area contributed by atoms with Crippen LogP contribution in [0, 0.1) is 0 Å². The molecule has 0 aliphatic heterocycles. The van der Waals surface area contributed by atoms with Gasteiger partial charge in [0.2, 0.25) is 0 Å². The molecule has 1 aromatic carbocycles. The van der Waals surface area contributed by atoms with Crippen molar-refractivity contribution < 1.29 is 23.8 Å². The number of carbonyl (C=O) groups excluding carboxylic acids is 2. The number of esters is 1. The number of carbonyl (C=O) groups is 2. The predicted molar refractivity (Wildman–Crippen MR) is 78.3 cm³/mol. The van der Waals surface area contributed by atoms with Gasteiger partial charge in [-0.25, -0.2) is 4.79 Å². The second-order valence-corrected chi connectivity index (χ2v) is 4.41. The standard InChI is InChI=1S/C16H22O5/c1-2-3-9-19-10-11-20-12-13-21-16(18)15(17)14-7-5-4-6-8-14/h4-8H,2-3,9-13H2,1H3. The van der Waals surface area contributed by atoms with E-state index in [-0.39, 0.29) is 13.2 Å². The van der Waals surface area contributed by atoms with Crippen molar-refractivity contribution in [3.05, 3.63) is 35.9 Å². The van der Waals surface area contributed by atoms with Gasteiger partial charge < -0.3 is 14.2 Å². The number of Topliss-reactive ketones (excluding diaryl/α,β-unsaturated/α-hetero) is 1. The Kier molecular flexibility index (Phi) is 9.08. The molecule has 5 heteroatoms. The maximum absolute atomic E-state index is 11.7. The van der Waals surface area contributed by atoms with Crippen LogP contribution in [0.2, 0.25) is 0 Å². The molecule has 1 rings (SSSR count). The van der Waals surface area contributed by atoms with E-state index < -0.39 is 11.8 Å². The van der Waals surface area contributed by atoms with E-state index in [4.69, 9.17) is 14.2 Å². The van der Waals surface area contributed by atoms with Crippen LogP contribution in [0.3, 0.4) is 0 Å². The molecular formula is C16H22O5. The fourth-order valence-corrected chi connectivity index (χ4v) is 1.53. The molecule has 0 spiro atoms. The Morgan fingerprint density at radius 3 is 2.19 bits per heavy atom. The average Bonchev–Trinajstić information content (AvgIpc) is 2.53. The number of benzene rings is 1. The van der Waals surface area contributed by atoms with Gasteiger partial charge in [0.05, 0.1) is 19.8 Å². The van der Waals surface area contributed by atoms with Gasteiger partial charge in [0.25, 0.3) is 5.78 Å². The molecule has 0 bridgehead atoms. The molecule has 21 heavy (non-hydrogen) atoms. The third kappa shape index (κ3) is 7.58. The molecule has 1 aromatic rings. The summed E-state index contributed by atoms with van der Waals surface area (Å²) in [7, 11) is 0. The van der Waals surface area contributed by atoms with Crippen molar-refractivity contribution in [1.29, 1.82) is 0 Å². The fraction of sp³-hybridized carbons (Fsp3) is 0.500. The fourth-order valence-electron chi connectivity index (χ4n) is 1.53. The third-order valence-corrected chi connectivity index (χ3v) is 2.70. The predicted octanol–water partition coefficient (Wildman–Crippen LogP) is 2.25. The van der Waals surface area contributed by atoms with Crippen LogP contribution < -0.4 is 0 Å². The van der Waals surface area contributed by atoms with Crippen LogP contribution in [0.5, 0.6) is 0 Å². The van der Waals surface area contributed by atoms with E-state index in [1.165, 1.54) is 0 Å². The molecule has 0 unspecified atom stereocenters. The summed E-state index contributed by atoms with van der Waals surface area (Å²) in [6.45, 7) is 4.13.